The van der Waals surface area contributed by atoms with E-state index < -0.39 is 9.84 Å². The van der Waals surface area contributed by atoms with Crippen molar-refractivity contribution < 1.29 is 17.9 Å². The molecule has 0 aliphatic carbocycles. The van der Waals surface area contributed by atoms with Crippen LogP contribution in [0, 0.1) is 0 Å². The van der Waals surface area contributed by atoms with Crippen molar-refractivity contribution in [3.63, 3.8) is 0 Å². The van der Waals surface area contributed by atoms with Crippen LogP contribution in [0.25, 0.3) is 0 Å². The van der Waals surface area contributed by atoms with E-state index in [4.69, 9.17) is 21.7 Å². The Bertz CT molecular complexity index is 721. The molecule has 2 heterocycles. The summed E-state index contributed by atoms with van der Waals surface area (Å²) in [4.78, 5) is 2.02. The first-order valence-corrected chi connectivity index (χ1v) is 10.3. The highest BCUT2D eigenvalue weighted by molar-refractivity contribution is 7.91. The standard InChI is InChI=1S/C16H22N2O4S2/c1-2-6-18(13-5-7-24(19,20)10-13)16(23)17-9-12-3-4-14-15(8-12)22-11-21-14/h3-4,8,13H,2,5-7,9-11H2,1H3,(H,17,23)/t13-/m0/s1. The summed E-state index contributed by atoms with van der Waals surface area (Å²) in [5.41, 5.74) is 1.04. The molecule has 1 aromatic carbocycles. The van der Waals surface area contributed by atoms with Crippen LogP contribution >= 0.6 is 12.2 Å². The zero-order valence-electron chi connectivity index (χ0n) is 13.7. The molecule has 24 heavy (non-hydrogen) atoms. The Labute approximate surface area is 148 Å². The normalized spacial score (nSPS) is 20.8. The smallest absolute Gasteiger partial charge is 0.231 e. The second-order valence-electron chi connectivity index (χ2n) is 6.10. The minimum Gasteiger partial charge on any atom is -0.454 e. The second-order valence-corrected chi connectivity index (χ2v) is 8.71. The van der Waals surface area contributed by atoms with E-state index in [0.717, 1.165) is 30.0 Å². The van der Waals surface area contributed by atoms with E-state index in [2.05, 4.69) is 12.2 Å². The summed E-state index contributed by atoms with van der Waals surface area (Å²) in [6.45, 7) is 3.64. The monoisotopic (exact) mass is 370 g/mol. The van der Waals surface area contributed by atoms with Gasteiger partial charge < -0.3 is 19.7 Å². The van der Waals surface area contributed by atoms with Gasteiger partial charge in [-0.2, -0.15) is 0 Å². The molecular formula is C16H22N2O4S2. The molecule has 6 nitrogen and oxygen atoms in total. The average molecular weight is 370 g/mol. The Balaban J connectivity index is 1.61. The largest absolute Gasteiger partial charge is 0.454 e. The number of rotatable bonds is 5. The fourth-order valence-corrected chi connectivity index (χ4v) is 5.09. The highest BCUT2D eigenvalue weighted by Gasteiger charge is 2.33. The van der Waals surface area contributed by atoms with E-state index in [0.29, 0.717) is 18.1 Å². The van der Waals surface area contributed by atoms with Crippen LogP contribution in [0.5, 0.6) is 11.5 Å². The molecule has 0 unspecified atom stereocenters. The third-order valence-electron chi connectivity index (χ3n) is 4.26. The molecule has 132 valence electrons. The first kappa shape index (κ1) is 17.3. The summed E-state index contributed by atoms with van der Waals surface area (Å²) in [5, 5.41) is 3.85. The molecule has 0 saturated carbocycles. The van der Waals surface area contributed by atoms with Crippen molar-refractivity contribution >= 4 is 27.2 Å². The van der Waals surface area contributed by atoms with E-state index in [9.17, 15) is 8.42 Å². The van der Waals surface area contributed by atoms with Crippen LogP contribution in [-0.2, 0) is 16.4 Å². The van der Waals surface area contributed by atoms with Crippen molar-refractivity contribution in [1.29, 1.82) is 0 Å². The van der Waals surface area contributed by atoms with Gasteiger partial charge >= 0.3 is 0 Å². The molecule has 1 atom stereocenters. The third kappa shape index (κ3) is 3.92. The van der Waals surface area contributed by atoms with Gasteiger partial charge in [0, 0.05) is 19.1 Å². The summed E-state index contributed by atoms with van der Waals surface area (Å²) >= 11 is 5.52. The van der Waals surface area contributed by atoms with Crippen molar-refractivity contribution in [2.75, 3.05) is 24.8 Å². The molecule has 8 heteroatoms. The molecule has 3 rings (SSSR count). The number of fused-ring (bicyclic) bond motifs is 1. The van der Waals surface area contributed by atoms with Gasteiger partial charge in [-0.05, 0) is 42.8 Å². The fourth-order valence-electron chi connectivity index (χ4n) is 3.04. The zero-order valence-corrected chi connectivity index (χ0v) is 15.3. The third-order valence-corrected chi connectivity index (χ3v) is 6.38. The number of nitrogens with zero attached hydrogens (tertiary/aromatic N) is 1. The van der Waals surface area contributed by atoms with Crippen LogP contribution in [0.2, 0.25) is 0 Å². The van der Waals surface area contributed by atoms with E-state index in [-0.39, 0.29) is 24.3 Å². The Morgan fingerprint density at radius 3 is 2.88 bits per heavy atom. The highest BCUT2D eigenvalue weighted by Crippen LogP contribution is 2.32. The number of nitrogens with one attached hydrogen (secondary N) is 1. The van der Waals surface area contributed by atoms with Crippen molar-refractivity contribution in [3.05, 3.63) is 23.8 Å². The van der Waals surface area contributed by atoms with Crippen LogP contribution in [0.4, 0.5) is 0 Å². The van der Waals surface area contributed by atoms with Crippen LogP contribution in [0.15, 0.2) is 18.2 Å². The minimum absolute atomic E-state index is 0.0216. The van der Waals surface area contributed by atoms with E-state index >= 15 is 0 Å². The molecule has 2 aliphatic heterocycles. The summed E-state index contributed by atoms with van der Waals surface area (Å²) < 4.78 is 34.2. The topological polar surface area (TPSA) is 67.9 Å². The summed E-state index contributed by atoms with van der Waals surface area (Å²) in [5.74, 6) is 1.94. The summed E-state index contributed by atoms with van der Waals surface area (Å²) in [6, 6.07) is 5.76. The lowest BCUT2D eigenvalue weighted by atomic mass is 10.2. The molecule has 0 radical (unpaired) electrons. The van der Waals surface area contributed by atoms with E-state index in [1.165, 1.54) is 0 Å². The molecular weight excluding hydrogens is 348 g/mol. The van der Waals surface area contributed by atoms with E-state index in [1.54, 1.807) is 0 Å². The van der Waals surface area contributed by atoms with Gasteiger partial charge in [-0.25, -0.2) is 8.42 Å². The van der Waals surface area contributed by atoms with E-state index in [1.807, 2.05) is 23.1 Å². The first-order chi connectivity index (χ1) is 11.5. The summed E-state index contributed by atoms with van der Waals surface area (Å²) in [7, 11) is -2.93. The maximum Gasteiger partial charge on any atom is 0.231 e. The number of thiocarbonyl (C=S) groups is 1. The predicted molar refractivity (Wildman–Crippen MR) is 96.1 cm³/mol. The number of sulfone groups is 1. The maximum atomic E-state index is 11.7. The van der Waals surface area contributed by atoms with Gasteiger partial charge in [-0.15, -0.1) is 0 Å². The molecule has 1 aromatic rings. The van der Waals surface area contributed by atoms with Crippen molar-refractivity contribution in [1.82, 2.24) is 10.2 Å². The summed E-state index contributed by atoms with van der Waals surface area (Å²) in [6.07, 6.45) is 1.57. The fraction of sp³-hybridized carbons (Fsp3) is 0.562. The molecule has 2 aliphatic rings. The van der Waals surface area contributed by atoms with Crippen LogP contribution in [0.1, 0.15) is 25.3 Å². The molecule has 1 fully saturated rings. The first-order valence-electron chi connectivity index (χ1n) is 8.12. The molecule has 1 N–H and O–H groups in total. The molecule has 0 amide bonds. The Hall–Kier alpha value is -1.54. The molecule has 0 aromatic heterocycles. The predicted octanol–water partition coefficient (Wildman–Crippen LogP) is 1.69. The van der Waals surface area contributed by atoms with Gasteiger partial charge in [0.05, 0.1) is 11.5 Å². The quantitative estimate of drug-likeness (QED) is 0.791. The van der Waals surface area contributed by atoms with Crippen molar-refractivity contribution in [3.8, 4) is 11.5 Å². The average Bonchev–Trinajstić information content (AvgIpc) is 3.15. The lowest BCUT2D eigenvalue weighted by Gasteiger charge is -2.30. The zero-order chi connectivity index (χ0) is 17.2. The maximum absolute atomic E-state index is 11.7. The van der Waals surface area contributed by atoms with Gasteiger partial charge in [0.2, 0.25) is 6.79 Å². The highest BCUT2D eigenvalue weighted by atomic mass is 32.2. The Morgan fingerprint density at radius 2 is 2.17 bits per heavy atom. The van der Waals surface area contributed by atoms with Crippen LogP contribution in [0.3, 0.4) is 0 Å². The van der Waals surface area contributed by atoms with Gasteiger partial charge in [-0.3, -0.25) is 0 Å². The SMILES string of the molecule is CCCN(C(=S)NCc1ccc2c(c1)OCO2)[C@H]1CCS(=O)(=O)C1. The molecule has 0 bridgehead atoms. The van der Waals surface area contributed by atoms with Crippen LogP contribution in [-0.4, -0.2) is 49.3 Å². The number of hydrogen-bond acceptors (Lipinski definition) is 5. The van der Waals surface area contributed by atoms with Crippen molar-refractivity contribution in [2.45, 2.75) is 32.4 Å². The van der Waals surface area contributed by atoms with Gasteiger partial charge in [0.1, 0.15) is 0 Å². The number of hydrogen-bond donors (Lipinski definition) is 1. The van der Waals surface area contributed by atoms with Gasteiger partial charge in [0.25, 0.3) is 0 Å². The van der Waals surface area contributed by atoms with Gasteiger partial charge in [0.15, 0.2) is 26.4 Å². The lowest BCUT2D eigenvalue weighted by molar-refractivity contribution is 0.174. The van der Waals surface area contributed by atoms with Crippen molar-refractivity contribution in [2.24, 2.45) is 0 Å². The number of benzene rings is 1. The molecule has 1 saturated heterocycles. The molecule has 0 spiro atoms. The Kier molecular flexibility index (Phi) is 5.15. The van der Waals surface area contributed by atoms with Gasteiger partial charge in [-0.1, -0.05) is 13.0 Å². The Morgan fingerprint density at radius 1 is 1.38 bits per heavy atom. The second kappa shape index (κ2) is 7.14. The van der Waals surface area contributed by atoms with Crippen LogP contribution < -0.4 is 14.8 Å². The lowest BCUT2D eigenvalue weighted by Crippen LogP contribution is -2.46. The number of ether oxygens (including phenoxy) is 2. The minimum atomic E-state index is -2.93.